The monoisotopic (exact) mass is 404 g/mol. The molecule has 154 valence electrons. The lowest BCUT2D eigenvalue weighted by Crippen LogP contribution is -2.29. The Kier molecular flexibility index (Phi) is 5.27. The first-order chi connectivity index (χ1) is 14.5. The molecule has 7 nitrogen and oxygen atoms in total. The number of nitrogens with zero attached hydrogens (tertiary/aromatic N) is 3. The van der Waals surface area contributed by atoms with Gasteiger partial charge in [0.25, 0.3) is 0 Å². The van der Waals surface area contributed by atoms with Gasteiger partial charge in [-0.05, 0) is 43.7 Å². The zero-order valence-corrected chi connectivity index (χ0v) is 17.3. The van der Waals surface area contributed by atoms with Crippen LogP contribution in [0.25, 0.3) is 5.69 Å². The van der Waals surface area contributed by atoms with E-state index < -0.39 is 5.92 Å². The minimum atomic E-state index is -0.456. The molecule has 1 aromatic heterocycles. The van der Waals surface area contributed by atoms with Crippen molar-refractivity contribution in [3.05, 3.63) is 65.9 Å². The van der Waals surface area contributed by atoms with Gasteiger partial charge in [-0.2, -0.15) is 5.10 Å². The molecule has 0 radical (unpaired) electrons. The van der Waals surface area contributed by atoms with E-state index in [0.29, 0.717) is 23.8 Å². The third-order valence-electron chi connectivity index (χ3n) is 5.20. The first kappa shape index (κ1) is 19.7. The molecule has 0 saturated carbocycles. The number of amides is 2. The lowest BCUT2D eigenvalue weighted by Gasteiger charge is -2.20. The maximum absolute atomic E-state index is 13.0. The average Bonchev–Trinajstić information content (AvgIpc) is 3.31. The summed E-state index contributed by atoms with van der Waals surface area (Å²) in [6.45, 7) is 4.14. The Hall–Kier alpha value is -3.61. The molecule has 1 atom stereocenters. The molecule has 1 saturated heterocycles. The highest BCUT2D eigenvalue weighted by Crippen LogP contribution is 2.34. The second-order valence-electron chi connectivity index (χ2n) is 7.49. The Labute approximate surface area is 175 Å². The third kappa shape index (κ3) is 3.78. The van der Waals surface area contributed by atoms with E-state index in [2.05, 4.69) is 10.4 Å². The van der Waals surface area contributed by atoms with Crippen LogP contribution in [0.5, 0.6) is 5.75 Å². The molecule has 1 fully saturated rings. The maximum atomic E-state index is 13.0. The number of carbonyl (C=O) groups excluding carboxylic acids is 2. The van der Waals surface area contributed by atoms with Crippen LogP contribution < -0.4 is 15.0 Å². The van der Waals surface area contributed by atoms with Crippen molar-refractivity contribution in [3.63, 3.8) is 0 Å². The standard InChI is InChI=1S/C23H24N4O3/c1-15-9-10-20(30-3)19(11-15)26-14-17(13-22(26)28)23(29)24-21-12-16(2)25-27(21)18-7-5-4-6-8-18/h4-12,17H,13-14H2,1-3H3,(H,24,29). The third-order valence-corrected chi connectivity index (χ3v) is 5.20. The van der Waals surface area contributed by atoms with Gasteiger partial charge in [-0.25, -0.2) is 4.68 Å². The number of rotatable bonds is 5. The first-order valence-corrected chi connectivity index (χ1v) is 9.84. The fourth-order valence-corrected chi connectivity index (χ4v) is 3.71. The van der Waals surface area contributed by atoms with Crippen molar-refractivity contribution in [2.75, 3.05) is 23.9 Å². The van der Waals surface area contributed by atoms with Gasteiger partial charge < -0.3 is 15.0 Å². The predicted molar refractivity (Wildman–Crippen MR) is 115 cm³/mol. The van der Waals surface area contributed by atoms with Gasteiger partial charge in [0, 0.05) is 19.0 Å². The summed E-state index contributed by atoms with van der Waals surface area (Å²) in [5.74, 6) is 0.457. The summed E-state index contributed by atoms with van der Waals surface area (Å²) < 4.78 is 7.11. The number of ether oxygens (including phenoxy) is 1. The smallest absolute Gasteiger partial charge is 0.230 e. The first-order valence-electron chi connectivity index (χ1n) is 9.84. The van der Waals surface area contributed by atoms with Crippen molar-refractivity contribution in [1.29, 1.82) is 0 Å². The summed E-state index contributed by atoms with van der Waals surface area (Å²) in [5.41, 5.74) is 3.37. The number of hydrogen-bond acceptors (Lipinski definition) is 4. The molecular weight excluding hydrogens is 380 g/mol. The normalized spacial score (nSPS) is 16.0. The van der Waals surface area contributed by atoms with Crippen molar-refractivity contribution in [1.82, 2.24) is 9.78 Å². The summed E-state index contributed by atoms with van der Waals surface area (Å²) in [7, 11) is 1.58. The lowest BCUT2D eigenvalue weighted by molar-refractivity contribution is -0.122. The molecule has 1 aliphatic heterocycles. The zero-order valence-electron chi connectivity index (χ0n) is 17.3. The summed E-state index contributed by atoms with van der Waals surface area (Å²) in [6, 6.07) is 17.1. The summed E-state index contributed by atoms with van der Waals surface area (Å²) in [6.07, 6.45) is 0.154. The van der Waals surface area contributed by atoms with E-state index >= 15 is 0 Å². The molecule has 0 aliphatic carbocycles. The molecule has 1 unspecified atom stereocenters. The Morgan fingerprint density at radius 2 is 1.90 bits per heavy atom. The molecule has 3 aromatic rings. The molecule has 2 heterocycles. The van der Waals surface area contributed by atoms with E-state index in [0.717, 1.165) is 16.9 Å². The number of aromatic nitrogens is 2. The highest BCUT2D eigenvalue weighted by atomic mass is 16.5. The summed E-state index contributed by atoms with van der Waals surface area (Å²) in [4.78, 5) is 27.3. The van der Waals surface area contributed by atoms with Crippen LogP contribution in [-0.4, -0.2) is 35.2 Å². The summed E-state index contributed by atoms with van der Waals surface area (Å²) >= 11 is 0. The number of carbonyl (C=O) groups is 2. The average molecular weight is 404 g/mol. The van der Waals surface area contributed by atoms with Gasteiger partial charge >= 0.3 is 0 Å². The van der Waals surface area contributed by atoms with Gasteiger partial charge in [0.15, 0.2) is 0 Å². The van der Waals surface area contributed by atoms with Crippen LogP contribution >= 0.6 is 0 Å². The molecule has 2 amide bonds. The van der Waals surface area contributed by atoms with E-state index in [1.807, 2.05) is 68.4 Å². The SMILES string of the molecule is COc1ccc(C)cc1N1CC(C(=O)Nc2cc(C)nn2-c2ccccc2)CC1=O. The lowest BCUT2D eigenvalue weighted by atomic mass is 10.1. The van der Waals surface area contributed by atoms with Crippen LogP contribution in [0.3, 0.4) is 0 Å². The van der Waals surface area contributed by atoms with Gasteiger partial charge in [0.05, 0.1) is 30.1 Å². The Morgan fingerprint density at radius 3 is 2.63 bits per heavy atom. The van der Waals surface area contributed by atoms with Crippen LogP contribution in [-0.2, 0) is 9.59 Å². The number of methoxy groups -OCH3 is 1. The Balaban J connectivity index is 1.54. The fraction of sp³-hybridized carbons (Fsp3) is 0.261. The Bertz CT molecular complexity index is 1090. The number of para-hydroxylation sites is 1. The molecule has 30 heavy (non-hydrogen) atoms. The summed E-state index contributed by atoms with van der Waals surface area (Å²) in [5, 5.41) is 7.43. The van der Waals surface area contributed by atoms with Crippen LogP contribution in [0.2, 0.25) is 0 Å². The van der Waals surface area contributed by atoms with E-state index in [1.165, 1.54) is 0 Å². The number of hydrogen-bond donors (Lipinski definition) is 1. The van der Waals surface area contributed by atoms with E-state index in [-0.39, 0.29) is 18.2 Å². The number of anilines is 2. The van der Waals surface area contributed by atoms with Crippen LogP contribution in [0.1, 0.15) is 17.7 Å². The topological polar surface area (TPSA) is 76.5 Å². The Morgan fingerprint density at radius 1 is 1.13 bits per heavy atom. The predicted octanol–water partition coefficient (Wildman–Crippen LogP) is 3.49. The van der Waals surface area contributed by atoms with Crippen molar-refractivity contribution in [2.45, 2.75) is 20.3 Å². The molecule has 1 N–H and O–H groups in total. The maximum Gasteiger partial charge on any atom is 0.230 e. The molecular formula is C23H24N4O3. The molecule has 7 heteroatoms. The van der Waals surface area contributed by atoms with Crippen LogP contribution in [0, 0.1) is 19.8 Å². The minimum absolute atomic E-state index is 0.0909. The molecule has 0 spiro atoms. The quantitative estimate of drug-likeness (QED) is 0.706. The van der Waals surface area contributed by atoms with Crippen molar-refractivity contribution in [3.8, 4) is 11.4 Å². The van der Waals surface area contributed by atoms with Crippen molar-refractivity contribution >= 4 is 23.3 Å². The second kappa shape index (κ2) is 8.02. The van der Waals surface area contributed by atoms with E-state index in [4.69, 9.17) is 4.74 Å². The van der Waals surface area contributed by atoms with E-state index in [1.54, 1.807) is 16.7 Å². The molecule has 1 aliphatic rings. The number of aryl methyl sites for hydroxylation is 2. The van der Waals surface area contributed by atoms with Crippen molar-refractivity contribution < 1.29 is 14.3 Å². The zero-order chi connectivity index (χ0) is 21.3. The largest absolute Gasteiger partial charge is 0.495 e. The highest BCUT2D eigenvalue weighted by molar-refractivity contribution is 6.04. The molecule has 2 aromatic carbocycles. The fourth-order valence-electron chi connectivity index (χ4n) is 3.71. The second-order valence-corrected chi connectivity index (χ2v) is 7.49. The number of benzene rings is 2. The van der Waals surface area contributed by atoms with Gasteiger partial charge in [-0.15, -0.1) is 0 Å². The highest BCUT2D eigenvalue weighted by Gasteiger charge is 2.36. The molecule has 4 rings (SSSR count). The van der Waals surface area contributed by atoms with Crippen LogP contribution in [0.4, 0.5) is 11.5 Å². The van der Waals surface area contributed by atoms with Gasteiger partial charge in [0.1, 0.15) is 11.6 Å². The number of nitrogens with one attached hydrogen (secondary N) is 1. The van der Waals surface area contributed by atoms with Gasteiger partial charge in [-0.3, -0.25) is 9.59 Å². The molecule has 0 bridgehead atoms. The van der Waals surface area contributed by atoms with Crippen LogP contribution in [0.15, 0.2) is 54.6 Å². The van der Waals surface area contributed by atoms with Crippen molar-refractivity contribution in [2.24, 2.45) is 5.92 Å². The minimum Gasteiger partial charge on any atom is -0.495 e. The van der Waals surface area contributed by atoms with Gasteiger partial charge in [0.2, 0.25) is 11.8 Å². The van der Waals surface area contributed by atoms with Gasteiger partial charge in [-0.1, -0.05) is 24.3 Å². The van der Waals surface area contributed by atoms with E-state index in [9.17, 15) is 9.59 Å².